The Kier molecular flexibility index (Phi) is 11.2. The van der Waals surface area contributed by atoms with E-state index in [2.05, 4.69) is 22.4 Å². The van der Waals surface area contributed by atoms with E-state index in [-0.39, 0.29) is 33.5 Å². The van der Waals surface area contributed by atoms with Gasteiger partial charge in [0.25, 0.3) is 0 Å². The average molecular weight is 535 g/mol. The van der Waals surface area contributed by atoms with E-state index in [0.717, 1.165) is 23.6 Å². The Morgan fingerprint density at radius 3 is 2.57 bits per heavy atom. The Bertz CT molecular complexity index is 826. The number of unbranched alkanes of at least 4 members (excludes halogenated alkanes) is 1. The number of amides is 1. The van der Waals surface area contributed by atoms with E-state index in [1.807, 2.05) is 0 Å². The molecule has 1 radical (unpaired) electrons. The van der Waals surface area contributed by atoms with Gasteiger partial charge in [-0.1, -0.05) is 55.0 Å². The van der Waals surface area contributed by atoms with Gasteiger partial charge in [0.1, 0.15) is 0 Å². The number of carbonyl (C=O) groups is 2. The molecule has 0 aliphatic rings. The third-order valence-corrected chi connectivity index (χ3v) is 6.16. The van der Waals surface area contributed by atoms with E-state index in [9.17, 15) is 9.59 Å². The Labute approximate surface area is 192 Å². The molecule has 1 heterocycles. The van der Waals surface area contributed by atoms with Gasteiger partial charge in [0.2, 0.25) is 5.91 Å². The molecule has 157 valence electrons. The smallest absolute Gasteiger partial charge is 0.337 e. The number of aromatic nitrogens is 2. The van der Waals surface area contributed by atoms with Gasteiger partial charge in [-0.15, -0.1) is 0 Å². The first-order valence-electron chi connectivity index (χ1n) is 8.33. The van der Waals surface area contributed by atoms with Crippen molar-refractivity contribution in [3.63, 3.8) is 0 Å². The topological polar surface area (TPSA) is 104 Å². The second-order valence-electron chi connectivity index (χ2n) is 5.69. The summed E-state index contributed by atoms with van der Waals surface area (Å²) in [6.45, 7) is 2.07. The number of benzene rings is 1. The van der Waals surface area contributed by atoms with Crippen molar-refractivity contribution in [1.29, 1.82) is 0 Å². The predicted octanol–water partition coefficient (Wildman–Crippen LogP) is 4.26. The van der Waals surface area contributed by atoms with Gasteiger partial charge in [0.15, 0.2) is 14.4 Å². The van der Waals surface area contributed by atoms with E-state index < -0.39 is 12.1 Å². The SMILES string of the molecule is CCCCC(Sc1n[nH]c(=S)s1)C(=O)Nc1ccc(C(OC)C(=O)O)cc1.[Ag]. The number of aromatic amines is 1. The van der Waals surface area contributed by atoms with Crippen LogP contribution in [-0.2, 0) is 36.7 Å². The summed E-state index contributed by atoms with van der Waals surface area (Å²) in [7, 11) is 1.34. The fourth-order valence-electron chi connectivity index (χ4n) is 2.36. The number of aliphatic carboxylic acids is 1. The van der Waals surface area contributed by atoms with Gasteiger partial charge >= 0.3 is 5.97 Å². The minimum absolute atomic E-state index is 0. The van der Waals surface area contributed by atoms with E-state index in [1.54, 1.807) is 24.3 Å². The molecule has 0 fully saturated rings. The summed E-state index contributed by atoms with van der Waals surface area (Å²) in [4.78, 5) is 23.8. The first kappa shape index (κ1) is 25.0. The van der Waals surface area contributed by atoms with E-state index in [0.29, 0.717) is 15.2 Å². The van der Waals surface area contributed by atoms with Crippen molar-refractivity contribution in [2.75, 3.05) is 12.4 Å². The molecule has 0 saturated heterocycles. The van der Waals surface area contributed by atoms with Crippen molar-refractivity contribution in [2.45, 2.75) is 41.9 Å². The van der Waals surface area contributed by atoms with Crippen LogP contribution < -0.4 is 5.32 Å². The van der Waals surface area contributed by atoms with Crippen molar-refractivity contribution in [3.05, 3.63) is 33.8 Å². The summed E-state index contributed by atoms with van der Waals surface area (Å²) in [5.41, 5.74) is 1.11. The number of anilines is 1. The maximum absolute atomic E-state index is 12.7. The number of carboxylic acid groups (broad SMARTS) is 1. The summed E-state index contributed by atoms with van der Waals surface area (Å²) < 4.78 is 6.27. The molecule has 28 heavy (non-hydrogen) atoms. The van der Waals surface area contributed by atoms with Gasteiger partial charge in [0, 0.05) is 35.2 Å². The maximum atomic E-state index is 12.7. The number of nitrogens with zero attached hydrogens (tertiary/aromatic N) is 1. The maximum Gasteiger partial charge on any atom is 0.337 e. The van der Waals surface area contributed by atoms with E-state index in [4.69, 9.17) is 22.1 Å². The molecule has 2 aromatic rings. The second-order valence-corrected chi connectivity index (χ2v) is 8.81. The van der Waals surface area contributed by atoms with Crippen LogP contribution in [0.25, 0.3) is 0 Å². The summed E-state index contributed by atoms with van der Waals surface area (Å²) in [5.74, 6) is -1.18. The minimum Gasteiger partial charge on any atom is -0.479 e. The van der Waals surface area contributed by atoms with Crippen LogP contribution in [0, 0.1) is 3.95 Å². The zero-order valence-corrected chi connectivity index (χ0v) is 19.2. The van der Waals surface area contributed by atoms with Crippen LogP contribution in [0.3, 0.4) is 0 Å². The Hall–Kier alpha value is -1.01. The molecule has 2 rings (SSSR count). The number of methoxy groups -OCH3 is 1. The normalized spacial score (nSPS) is 12.6. The van der Waals surface area contributed by atoms with Crippen LogP contribution in [0.4, 0.5) is 5.69 Å². The van der Waals surface area contributed by atoms with Crippen LogP contribution in [0.1, 0.15) is 37.9 Å². The van der Waals surface area contributed by atoms with Gasteiger partial charge in [0.05, 0.1) is 5.25 Å². The van der Waals surface area contributed by atoms with Crippen LogP contribution in [0.15, 0.2) is 28.6 Å². The van der Waals surface area contributed by atoms with Gasteiger partial charge in [-0.2, -0.15) is 5.10 Å². The molecule has 2 unspecified atom stereocenters. The fourth-order valence-corrected chi connectivity index (χ4v) is 4.73. The summed E-state index contributed by atoms with van der Waals surface area (Å²) in [5, 5.41) is 18.6. The standard InChI is InChI=1S/C17H21N3O4S3.Ag/c1-3-4-5-12(26-17-20-19-16(25)27-17)14(21)18-11-8-6-10(7-9-11)13(24-2)15(22)23;/h6-9,12-13H,3-5H2,1-2H3,(H,18,21)(H,19,25)(H,22,23);. The number of nitrogens with one attached hydrogen (secondary N) is 2. The molecule has 0 spiro atoms. The largest absolute Gasteiger partial charge is 0.479 e. The van der Waals surface area contributed by atoms with Gasteiger partial charge in [-0.25, -0.2) is 4.79 Å². The second kappa shape index (κ2) is 12.5. The van der Waals surface area contributed by atoms with Crippen molar-refractivity contribution < 1.29 is 41.8 Å². The fraction of sp³-hybridized carbons (Fsp3) is 0.412. The van der Waals surface area contributed by atoms with Crippen molar-refractivity contribution in [1.82, 2.24) is 10.2 Å². The third kappa shape index (κ3) is 7.43. The molecule has 0 bridgehead atoms. The number of hydrogen-bond donors (Lipinski definition) is 3. The monoisotopic (exact) mass is 534 g/mol. The van der Waals surface area contributed by atoms with Crippen LogP contribution >= 0.6 is 35.3 Å². The minimum atomic E-state index is -1.06. The molecule has 0 aliphatic carbocycles. The molecule has 2 atom stereocenters. The molecule has 7 nitrogen and oxygen atoms in total. The average Bonchev–Trinajstić information content (AvgIpc) is 3.05. The molecule has 1 amide bonds. The molecule has 11 heteroatoms. The molecular formula is C17H21AgN3O4S3. The number of ether oxygens (including phenoxy) is 1. The van der Waals surface area contributed by atoms with Crippen molar-refractivity contribution >= 4 is 52.9 Å². The zero-order chi connectivity index (χ0) is 19.8. The van der Waals surface area contributed by atoms with Gasteiger partial charge in [-0.05, 0) is 36.3 Å². The predicted molar refractivity (Wildman–Crippen MR) is 109 cm³/mol. The first-order valence-corrected chi connectivity index (χ1v) is 10.4. The molecule has 1 aromatic carbocycles. The molecule has 0 aliphatic heterocycles. The van der Waals surface area contributed by atoms with Crippen molar-refractivity contribution in [2.24, 2.45) is 0 Å². The number of H-pyrrole nitrogens is 1. The number of thioether (sulfide) groups is 1. The Morgan fingerprint density at radius 2 is 2.07 bits per heavy atom. The van der Waals surface area contributed by atoms with E-state index in [1.165, 1.54) is 30.2 Å². The number of rotatable bonds is 10. The third-order valence-electron chi connectivity index (χ3n) is 3.71. The molecular weight excluding hydrogens is 514 g/mol. The van der Waals surface area contributed by atoms with Gasteiger partial charge in [-0.3, -0.25) is 9.89 Å². The summed E-state index contributed by atoms with van der Waals surface area (Å²) in [6, 6.07) is 6.60. The quantitative estimate of drug-likeness (QED) is 0.237. The van der Waals surface area contributed by atoms with Crippen LogP contribution in [-0.4, -0.2) is 39.5 Å². The zero-order valence-electron chi connectivity index (χ0n) is 15.2. The van der Waals surface area contributed by atoms with Gasteiger partial charge < -0.3 is 15.2 Å². The molecule has 1 aromatic heterocycles. The van der Waals surface area contributed by atoms with E-state index >= 15 is 0 Å². The Balaban J connectivity index is 0.00000392. The number of hydrogen-bond acceptors (Lipinski definition) is 7. The van der Waals surface area contributed by atoms with Crippen LogP contribution in [0.5, 0.6) is 0 Å². The van der Waals surface area contributed by atoms with Crippen LogP contribution in [0.2, 0.25) is 0 Å². The summed E-state index contributed by atoms with van der Waals surface area (Å²) >= 11 is 7.78. The van der Waals surface area contributed by atoms with Crippen molar-refractivity contribution in [3.8, 4) is 0 Å². The Morgan fingerprint density at radius 1 is 1.39 bits per heavy atom. The summed E-state index contributed by atoms with van der Waals surface area (Å²) in [6.07, 6.45) is 1.61. The molecule has 3 N–H and O–H groups in total. The number of carboxylic acids is 1. The molecule has 0 saturated carbocycles. The first-order chi connectivity index (χ1) is 12.9. The number of carbonyl (C=O) groups excluding carboxylic acids is 1.